The normalized spacial score (nSPS) is 10.4. The number of amides is 1. The van der Waals surface area contributed by atoms with Crippen LogP contribution in [-0.2, 0) is 11.2 Å². The highest BCUT2D eigenvalue weighted by molar-refractivity contribution is 6.30. The Labute approximate surface area is 141 Å². The quantitative estimate of drug-likeness (QED) is 0.809. The lowest BCUT2D eigenvalue weighted by Gasteiger charge is -2.15. The average Bonchev–Trinajstić information content (AvgIpc) is 2.48. The van der Waals surface area contributed by atoms with E-state index in [0.717, 1.165) is 28.8 Å². The fourth-order valence-electron chi connectivity index (χ4n) is 2.44. The van der Waals surface area contributed by atoms with E-state index in [1.807, 2.05) is 32.9 Å². The van der Waals surface area contributed by atoms with Crippen LogP contribution in [0.4, 0.5) is 11.4 Å². The van der Waals surface area contributed by atoms with Gasteiger partial charge >= 0.3 is 0 Å². The monoisotopic (exact) mass is 332 g/mol. The van der Waals surface area contributed by atoms with Gasteiger partial charge in [-0.25, -0.2) is 0 Å². The van der Waals surface area contributed by atoms with E-state index in [2.05, 4.69) is 5.32 Å². The number of nitrogen functional groups attached to an aromatic ring is 1. The molecule has 2 aromatic rings. The number of aryl methyl sites for hydroxylation is 3. The van der Waals surface area contributed by atoms with E-state index in [4.69, 9.17) is 22.1 Å². The first-order valence-corrected chi connectivity index (χ1v) is 7.86. The molecular formula is C18H21ClN2O2. The summed E-state index contributed by atoms with van der Waals surface area (Å²) >= 11 is 5.91. The van der Waals surface area contributed by atoms with E-state index < -0.39 is 0 Å². The number of benzene rings is 2. The largest absolute Gasteiger partial charge is 0.483 e. The Morgan fingerprint density at radius 1 is 1.22 bits per heavy atom. The van der Waals surface area contributed by atoms with Crippen molar-refractivity contribution < 1.29 is 9.53 Å². The van der Waals surface area contributed by atoms with Gasteiger partial charge in [0.1, 0.15) is 5.75 Å². The van der Waals surface area contributed by atoms with Crippen LogP contribution in [0.2, 0.25) is 5.02 Å². The maximum absolute atomic E-state index is 12.2. The van der Waals surface area contributed by atoms with Crippen LogP contribution in [0.1, 0.15) is 23.6 Å². The summed E-state index contributed by atoms with van der Waals surface area (Å²) in [6.07, 6.45) is 0.790. The molecule has 1 amide bonds. The number of carbonyl (C=O) groups is 1. The van der Waals surface area contributed by atoms with Crippen molar-refractivity contribution in [3.8, 4) is 5.75 Å². The van der Waals surface area contributed by atoms with Crippen molar-refractivity contribution in [2.75, 3.05) is 17.7 Å². The SMILES string of the molecule is CCc1cc(N)cc(C)c1NC(=O)COc1ccc(Cl)cc1C. The summed E-state index contributed by atoms with van der Waals surface area (Å²) in [5.74, 6) is 0.441. The zero-order valence-electron chi connectivity index (χ0n) is 13.6. The molecule has 0 aliphatic rings. The number of nitrogens with one attached hydrogen (secondary N) is 1. The molecule has 122 valence electrons. The molecule has 2 rings (SSSR count). The lowest BCUT2D eigenvalue weighted by Crippen LogP contribution is -2.21. The molecule has 0 aliphatic carbocycles. The average molecular weight is 333 g/mol. The Hall–Kier alpha value is -2.20. The number of nitrogens with two attached hydrogens (primary N) is 1. The highest BCUT2D eigenvalue weighted by Gasteiger charge is 2.11. The molecule has 0 bridgehead atoms. The van der Waals surface area contributed by atoms with Gasteiger partial charge in [0, 0.05) is 16.4 Å². The summed E-state index contributed by atoms with van der Waals surface area (Å²) in [6, 6.07) is 9.03. The van der Waals surface area contributed by atoms with Gasteiger partial charge in [0.2, 0.25) is 0 Å². The minimum Gasteiger partial charge on any atom is -0.483 e. The second kappa shape index (κ2) is 7.38. The molecule has 0 saturated carbocycles. The summed E-state index contributed by atoms with van der Waals surface area (Å²) in [5.41, 5.74) is 10.2. The summed E-state index contributed by atoms with van der Waals surface area (Å²) in [6.45, 7) is 5.78. The molecule has 0 heterocycles. The molecule has 0 spiro atoms. The van der Waals surface area contributed by atoms with Gasteiger partial charge in [-0.05, 0) is 67.3 Å². The molecular weight excluding hydrogens is 312 g/mol. The molecule has 3 N–H and O–H groups in total. The first-order chi connectivity index (χ1) is 10.9. The number of rotatable bonds is 5. The zero-order chi connectivity index (χ0) is 17.0. The molecule has 0 aromatic heterocycles. The fourth-order valence-corrected chi connectivity index (χ4v) is 2.67. The van der Waals surface area contributed by atoms with Gasteiger partial charge < -0.3 is 15.8 Å². The van der Waals surface area contributed by atoms with Crippen LogP contribution in [0.5, 0.6) is 5.75 Å². The van der Waals surface area contributed by atoms with Crippen LogP contribution in [0, 0.1) is 13.8 Å². The van der Waals surface area contributed by atoms with E-state index in [0.29, 0.717) is 16.5 Å². The van der Waals surface area contributed by atoms with Crippen molar-refractivity contribution in [2.45, 2.75) is 27.2 Å². The van der Waals surface area contributed by atoms with E-state index >= 15 is 0 Å². The minimum atomic E-state index is -0.207. The third kappa shape index (κ3) is 4.39. The second-order valence-corrected chi connectivity index (χ2v) is 5.91. The van der Waals surface area contributed by atoms with Crippen molar-refractivity contribution in [1.29, 1.82) is 0 Å². The highest BCUT2D eigenvalue weighted by atomic mass is 35.5. The fraction of sp³-hybridized carbons (Fsp3) is 0.278. The smallest absolute Gasteiger partial charge is 0.262 e. The lowest BCUT2D eigenvalue weighted by molar-refractivity contribution is -0.118. The highest BCUT2D eigenvalue weighted by Crippen LogP contribution is 2.25. The molecule has 0 unspecified atom stereocenters. The number of hydrogen-bond donors (Lipinski definition) is 2. The number of carbonyl (C=O) groups excluding carboxylic acids is 1. The van der Waals surface area contributed by atoms with Crippen molar-refractivity contribution in [1.82, 2.24) is 0 Å². The van der Waals surface area contributed by atoms with Crippen molar-refractivity contribution >= 4 is 28.9 Å². The van der Waals surface area contributed by atoms with Crippen LogP contribution in [0.15, 0.2) is 30.3 Å². The molecule has 23 heavy (non-hydrogen) atoms. The number of anilines is 2. The Kier molecular flexibility index (Phi) is 5.50. The number of hydrogen-bond acceptors (Lipinski definition) is 3. The van der Waals surface area contributed by atoms with Gasteiger partial charge in [0.15, 0.2) is 6.61 Å². The van der Waals surface area contributed by atoms with Crippen LogP contribution in [0.25, 0.3) is 0 Å². The molecule has 0 saturated heterocycles. The summed E-state index contributed by atoms with van der Waals surface area (Å²) in [5, 5.41) is 3.56. The summed E-state index contributed by atoms with van der Waals surface area (Å²) < 4.78 is 5.57. The molecule has 0 atom stereocenters. The van der Waals surface area contributed by atoms with E-state index in [9.17, 15) is 4.79 Å². The van der Waals surface area contributed by atoms with Crippen molar-refractivity contribution in [3.05, 3.63) is 52.0 Å². The molecule has 5 heteroatoms. The van der Waals surface area contributed by atoms with Gasteiger partial charge in [-0.1, -0.05) is 18.5 Å². The Bertz CT molecular complexity index is 729. The topological polar surface area (TPSA) is 64.3 Å². The summed E-state index contributed by atoms with van der Waals surface area (Å²) in [7, 11) is 0. The molecule has 4 nitrogen and oxygen atoms in total. The van der Waals surface area contributed by atoms with Crippen molar-refractivity contribution in [3.63, 3.8) is 0 Å². The minimum absolute atomic E-state index is 0.0601. The Morgan fingerprint density at radius 3 is 2.61 bits per heavy atom. The molecule has 0 aliphatic heterocycles. The summed E-state index contributed by atoms with van der Waals surface area (Å²) in [4.78, 5) is 12.2. The van der Waals surface area contributed by atoms with Gasteiger partial charge in [-0.3, -0.25) is 4.79 Å². The van der Waals surface area contributed by atoms with Crippen LogP contribution >= 0.6 is 11.6 Å². The van der Waals surface area contributed by atoms with E-state index in [1.165, 1.54) is 0 Å². The second-order valence-electron chi connectivity index (χ2n) is 5.47. The van der Waals surface area contributed by atoms with E-state index in [-0.39, 0.29) is 12.5 Å². The van der Waals surface area contributed by atoms with Gasteiger partial charge in [0.05, 0.1) is 0 Å². The van der Waals surface area contributed by atoms with Gasteiger partial charge in [-0.2, -0.15) is 0 Å². The number of ether oxygens (including phenoxy) is 1. The van der Waals surface area contributed by atoms with E-state index in [1.54, 1.807) is 18.2 Å². The molecule has 0 fully saturated rings. The van der Waals surface area contributed by atoms with Crippen molar-refractivity contribution in [2.24, 2.45) is 0 Å². The van der Waals surface area contributed by atoms with Gasteiger partial charge in [0.25, 0.3) is 5.91 Å². The third-order valence-electron chi connectivity index (χ3n) is 3.58. The Morgan fingerprint density at radius 2 is 1.96 bits per heavy atom. The maximum Gasteiger partial charge on any atom is 0.262 e. The van der Waals surface area contributed by atoms with Crippen LogP contribution in [0.3, 0.4) is 0 Å². The molecule has 2 aromatic carbocycles. The van der Waals surface area contributed by atoms with Crippen LogP contribution in [-0.4, -0.2) is 12.5 Å². The predicted molar refractivity (Wildman–Crippen MR) is 95.3 cm³/mol. The standard InChI is InChI=1S/C18H21ClN2O2/c1-4-13-9-15(20)8-12(3)18(13)21-17(22)10-23-16-6-5-14(19)7-11(16)2/h5-9H,4,10,20H2,1-3H3,(H,21,22). The molecule has 0 radical (unpaired) electrons. The van der Waals surface area contributed by atoms with Crippen LogP contribution < -0.4 is 15.8 Å². The zero-order valence-corrected chi connectivity index (χ0v) is 14.3. The third-order valence-corrected chi connectivity index (χ3v) is 3.82. The first-order valence-electron chi connectivity index (χ1n) is 7.48. The first kappa shape index (κ1) is 17.2. The Balaban J connectivity index is 2.05. The lowest BCUT2D eigenvalue weighted by atomic mass is 10.0. The predicted octanol–water partition coefficient (Wildman–Crippen LogP) is 4.12. The van der Waals surface area contributed by atoms with Gasteiger partial charge in [-0.15, -0.1) is 0 Å². The maximum atomic E-state index is 12.2. The number of halogens is 1.